The number of para-hydroxylation sites is 1. The number of carbonyl (C=O) groups excluding carboxylic acids is 2. The molecule has 3 aromatic rings. The molecule has 8 heteroatoms. The maximum Gasteiger partial charge on any atom is 0.271 e. The minimum Gasteiger partial charge on any atom is -0.368 e. The van der Waals surface area contributed by atoms with Crippen LogP contribution in [0.5, 0.6) is 0 Å². The van der Waals surface area contributed by atoms with Crippen LogP contribution in [0.1, 0.15) is 33.0 Å². The topological polar surface area (TPSA) is 116 Å². The fraction of sp³-hybridized carbons (Fsp3) is 0.273. The van der Waals surface area contributed by atoms with Crippen LogP contribution in [0, 0.1) is 0 Å². The summed E-state index contributed by atoms with van der Waals surface area (Å²) >= 11 is 0. The van der Waals surface area contributed by atoms with Crippen LogP contribution in [0.3, 0.4) is 0 Å². The highest BCUT2D eigenvalue weighted by Gasteiger charge is 2.35. The SMILES string of the molecule is CC(C)(C)c1nc2ccc(NC(=O)C3=NN(c4ccccc4)C(C(N)=O)C3)cc2[nH]1. The minimum absolute atomic E-state index is 0.105. The molecular weight excluding hydrogens is 380 g/mol. The second-order valence-electron chi connectivity index (χ2n) is 8.37. The molecule has 0 radical (unpaired) electrons. The van der Waals surface area contributed by atoms with Gasteiger partial charge in [0.05, 0.1) is 16.7 Å². The summed E-state index contributed by atoms with van der Waals surface area (Å²) in [6.45, 7) is 6.25. The Morgan fingerprint density at radius 2 is 1.90 bits per heavy atom. The van der Waals surface area contributed by atoms with Crippen molar-refractivity contribution in [1.82, 2.24) is 9.97 Å². The number of nitrogens with zero attached hydrogens (tertiary/aromatic N) is 3. The Bertz CT molecular complexity index is 1140. The zero-order chi connectivity index (χ0) is 21.5. The molecule has 1 aromatic heterocycles. The van der Waals surface area contributed by atoms with Crippen molar-refractivity contribution in [3.63, 3.8) is 0 Å². The van der Waals surface area contributed by atoms with Crippen molar-refractivity contribution >= 4 is 39.9 Å². The number of aromatic amines is 1. The van der Waals surface area contributed by atoms with E-state index in [2.05, 4.69) is 41.2 Å². The van der Waals surface area contributed by atoms with Crippen LogP contribution in [-0.4, -0.2) is 33.5 Å². The van der Waals surface area contributed by atoms with E-state index in [0.717, 1.165) is 16.9 Å². The number of benzene rings is 2. The average Bonchev–Trinajstić information content (AvgIpc) is 3.33. The van der Waals surface area contributed by atoms with Gasteiger partial charge in [0.25, 0.3) is 5.91 Å². The second kappa shape index (κ2) is 7.29. The maximum absolute atomic E-state index is 12.8. The number of carbonyl (C=O) groups is 2. The van der Waals surface area contributed by atoms with Crippen molar-refractivity contribution in [3.05, 3.63) is 54.4 Å². The number of aromatic nitrogens is 2. The van der Waals surface area contributed by atoms with Crippen molar-refractivity contribution in [3.8, 4) is 0 Å². The number of nitrogens with two attached hydrogens (primary N) is 1. The van der Waals surface area contributed by atoms with Crippen LogP contribution < -0.4 is 16.1 Å². The zero-order valence-electron chi connectivity index (χ0n) is 17.1. The van der Waals surface area contributed by atoms with E-state index in [1.807, 2.05) is 42.5 Å². The molecule has 1 aliphatic rings. The zero-order valence-corrected chi connectivity index (χ0v) is 17.1. The van der Waals surface area contributed by atoms with E-state index in [1.165, 1.54) is 5.01 Å². The third-order valence-corrected chi connectivity index (χ3v) is 4.97. The number of hydrogen-bond donors (Lipinski definition) is 3. The van der Waals surface area contributed by atoms with Crippen LogP contribution in [0.4, 0.5) is 11.4 Å². The van der Waals surface area contributed by atoms with Gasteiger partial charge in [0, 0.05) is 17.5 Å². The molecule has 1 aliphatic heterocycles. The lowest BCUT2D eigenvalue weighted by molar-refractivity contribution is -0.119. The summed E-state index contributed by atoms with van der Waals surface area (Å²) in [5, 5.41) is 8.74. The molecule has 4 rings (SSSR count). The lowest BCUT2D eigenvalue weighted by Gasteiger charge is -2.20. The highest BCUT2D eigenvalue weighted by Crippen LogP contribution is 2.26. The van der Waals surface area contributed by atoms with Gasteiger partial charge in [-0.15, -0.1) is 0 Å². The highest BCUT2D eigenvalue weighted by atomic mass is 16.2. The van der Waals surface area contributed by atoms with Crippen LogP contribution in [0.25, 0.3) is 11.0 Å². The summed E-state index contributed by atoms with van der Waals surface area (Å²) in [4.78, 5) is 32.6. The van der Waals surface area contributed by atoms with Gasteiger partial charge in [0.1, 0.15) is 17.6 Å². The van der Waals surface area contributed by atoms with Crippen LogP contribution in [-0.2, 0) is 15.0 Å². The Kier molecular flexibility index (Phi) is 4.77. The summed E-state index contributed by atoms with van der Waals surface area (Å²) < 4.78 is 0. The van der Waals surface area contributed by atoms with Crippen molar-refractivity contribution in [2.24, 2.45) is 10.8 Å². The van der Waals surface area contributed by atoms with Gasteiger partial charge in [-0.05, 0) is 30.3 Å². The molecular formula is C22H24N6O2. The van der Waals surface area contributed by atoms with Crippen molar-refractivity contribution < 1.29 is 9.59 Å². The summed E-state index contributed by atoms with van der Waals surface area (Å²) in [6, 6.07) is 14.0. The Morgan fingerprint density at radius 3 is 2.57 bits per heavy atom. The fourth-order valence-electron chi connectivity index (χ4n) is 3.33. The van der Waals surface area contributed by atoms with Gasteiger partial charge in [-0.25, -0.2) is 4.98 Å². The Labute approximate surface area is 174 Å². The number of primary amides is 1. The van der Waals surface area contributed by atoms with Gasteiger partial charge in [-0.2, -0.15) is 5.10 Å². The highest BCUT2D eigenvalue weighted by molar-refractivity contribution is 6.44. The molecule has 154 valence electrons. The summed E-state index contributed by atoms with van der Waals surface area (Å²) in [6.07, 6.45) is 0.149. The van der Waals surface area contributed by atoms with Gasteiger partial charge < -0.3 is 16.0 Å². The smallest absolute Gasteiger partial charge is 0.271 e. The van der Waals surface area contributed by atoms with E-state index < -0.39 is 11.9 Å². The number of imidazole rings is 1. The first-order valence-corrected chi connectivity index (χ1v) is 9.75. The molecule has 1 unspecified atom stereocenters. The van der Waals surface area contributed by atoms with E-state index in [4.69, 9.17) is 5.73 Å². The lowest BCUT2D eigenvalue weighted by atomic mass is 9.96. The van der Waals surface area contributed by atoms with Gasteiger partial charge in [0.2, 0.25) is 5.91 Å². The molecule has 0 spiro atoms. The first-order chi connectivity index (χ1) is 14.2. The molecule has 0 aliphatic carbocycles. The predicted octanol–water partition coefficient (Wildman–Crippen LogP) is 2.92. The van der Waals surface area contributed by atoms with Gasteiger partial charge >= 0.3 is 0 Å². The normalized spacial score (nSPS) is 16.6. The molecule has 30 heavy (non-hydrogen) atoms. The van der Waals surface area contributed by atoms with Crippen LogP contribution >= 0.6 is 0 Å². The van der Waals surface area contributed by atoms with Crippen molar-refractivity contribution in [2.75, 3.05) is 10.3 Å². The van der Waals surface area contributed by atoms with Crippen LogP contribution in [0.15, 0.2) is 53.6 Å². The largest absolute Gasteiger partial charge is 0.368 e. The van der Waals surface area contributed by atoms with Crippen molar-refractivity contribution in [2.45, 2.75) is 38.6 Å². The summed E-state index contributed by atoms with van der Waals surface area (Å²) in [5.74, 6) is -0.0162. The summed E-state index contributed by atoms with van der Waals surface area (Å²) in [7, 11) is 0. The van der Waals surface area contributed by atoms with Gasteiger partial charge in [-0.3, -0.25) is 14.6 Å². The average molecular weight is 404 g/mol. The van der Waals surface area contributed by atoms with E-state index in [1.54, 1.807) is 6.07 Å². The number of fused-ring (bicyclic) bond motifs is 1. The fourth-order valence-corrected chi connectivity index (χ4v) is 3.33. The molecule has 2 amide bonds. The van der Waals surface area contributed by atoms with E-state index in [0.29, 0.717) is 11.4 Å². The number of anilines is 2. The Morgan fingerprint density at radius 1 is 1.17 bits per heavy atom. The van der Waals surface area contributed by atoms with Crippen LogP contribution in [0.2, 0.25) is 0 Å². The third kappa shape index (κ3) is 3.76. The number of amides is 2. The molecule has 2 heterocycles. The molecule has 8 nitrogen and oxygen atoms in total. The predicted molar refractivity (Wildman–Crippen MR) is 117 cm³/mol. The molecule has 0 saturated heterocycles. The monoisotopic (exact) mass is 404 g/mol. The quantitative estimate of drug-likeness (QED) is 0.620. The van der Waals surface area contributed by atoms with E-state index >= 15 is 0 Å². The molecule has 1 atom stereocenters. The molecule has 0 fully saturated rings. The van der Waals surface area contributed by atoms with E-state index in [-0.39, 0.29) is 23.5 Å². The maximum atomic E-state index is 12.8. The number of nitrogens with one attached hydrogen (secondary N) is 2. The van der Waals surface area contributed by atoms with Gasteiger partial charge in [0.15, 0.2) is 0 Å². The molecule has 4 N–H and O–H groups in total. The molecule has 2 aromatic carbocycles. The third-order valence-electron chi connectivity index (χ3n) is 4.97. The molecule has 0 bridgehead atoms. The van der Waals surface area contributed by atoms with Gasteiger partial charge in [-0.1, -0.05) is 39.0 Å². The summed E-state index contributed by atoms with van der Waals surface area (Å²) in [5.41, 5.74) is 8.69. The Hall–Kier alpha value is -3.68. The standard InChI is InChI=1S/C22H24N6O2/c1-22(2,3)21-25-15-10-9-13(11-16(15)26-21)24-20(30)17-12-18(19(23)29)28(27-17)14-7-5-4-6-8-14/h4-11,18H,12H2,1-3H3,(H2,23,29)(H,24,30)(H,25,26). The number of H-pyrrole nitrogens is 1. The number of hydrogen-bond acceptors (Lipinski definition) is 5. The second-order valence-corrected chi connectivity index (χ2v) is 8.37. The number of rotatable bonds is 4. The lowest BCUT2D eigenvalue weighted by Crippen LogP contribution is -2.39. The first-order valence-electron chi connectivity index (χ1n) is 9.75. The molecule has 0 saturated carbocycles. The Balaban J connectivity index is 1.56. The minimum atomic E-state index is -0.697. The first kappa shape index (κ1) is 19.6. The van der Waals surface area contributed by atoms with E-state index in [9.17, 15) is 9.59 Å². The van der Waals surface area contributed by atoms with Crippen molar-refractivity contribution in [1.29, 1.82) is 0 Å². The number of hydrazone groups is 1.